The average Bonchev–Trinajstić information content (AvgIpc) is 3.34. The quantitative estimate of drug-likeness (QED) is 0.642. The van der Waals surface area contributed by atoms with Crippen LogP contribution in [0, 0.1) is 5.92 Å². The van der Waals surface area contributed by atoms with Gasteiger partial charge in [0.05, 0.1) is 12.1 Å². The summed E-state index contributed by atoms with van der Waals surface area (Å²) in [6, 6.07) is 10.1. The zero-order valence-corrected chi connectivity index (χ0v) is 18.2. The Kier molecular flexibility index (Phi) is 7.31. The fourth-order valence-corrected chi connectivity index (χ4v) is 3.72. The third-order valence-electron chi connectivity index (χ3n) is 5.31. The molecule has 0 bridgehead atoms. The molecule has 1 amide bonds. The van der Waals surface area contributed by atoms with Gasteiger partial charge in [0, 0.05) is 38.2 Å². The van der Waals surface area contributed by atoms with E-state index in [-0.39, 0.29) is 5.91 Å². The number of likely N-dealkylation sites (N-methyl/N-ethyl adjacent to an activating group) is 1. The molecular formula is C23H34N4O2. The number of carbonyl (C=O) groups is 1. The third kappa shape index (κ3) is 5.60. The lowest BCUT2D eigenvalue weighted by Gasteiger charge is -2.26. The van der Waals surface area contributed by atoms with Gasteiger partial charge in [-0.2, -0.15) is 0 Å². The smallest absolute Gasteiger partial charge is 0.232 e. The highest BCUT2D eigenvalue weighted by Crippen LogP contribution is 2.34. The Labute approximate surface area is 174 Å². The molecule has 0 saturated carbocycles. The van der Waals surface area contributed by atoms with Crippen LogP contribution in [0.2, 0.25) is 0 Å². The first kappa shape index (κ1) is 21.4. The van der Waals surface area contributed by atoms with Crippen LogP contribution in [0.5, 0.6) is 0 Å². The van der Waals surface area contributed by atoms with Gasteiger partial charge in [0.1, 0.15) is 5.69 Å². The molecule has 0 N–H and O–H groups in total. The van der Waals surface area contributed by atoms with Crippen LogP contribution >= 0.6 is 0 Å². The zero-order valence-electron chi connectivity index (χ0n) is 18.2. The summed E-state index contributed by atoms with van der Waals surface area (Å²) in [5.41, 5.74) is 2.90. The Balaban J connectivity index is 1.93. The molecule has 0 radical (unpaired) electrons. The van der Waals surface area contributed by atoms with E-state index in [0.29, 0.717) is 25.4 Å². The van der Waals surface area contributed by atoms with E-state index in [4.69, 9.17) is 4.52 Å². The monoisotopic (exact) mass is 398 g/mol. The Bertz CT molecular complexity index is 779. The number of amides is 1. The molecule has 1 saturated heterocycles. The topological polar surface area (TPSA) is 52.8 Å². The van der Waals surface area contributed by atoms with Gasteiger partial charge in [-0.3, -0.25) is 4.79 Å². The molecule has 3 rings (SSSR count). The van der Waals surface area contributed by atoms with E-state index >= 15 is 0 Å². The van der Waals surface area contributed by atoms with Crippen LogP contribution in [0.1, 0.15) is 38.7 Å². The van der Waals surface area contributed by atoms with Gasteiger partial charge in [-0.1, -0.05) is 49.3 Å². The van der Waals surface area contributed by atoms with Gasteiger partial charge in [-0.25, -0.2) is 0 Å². The first-order valence-electron chi connectivity index (χ1n) is 10.7. The van der Waals surface area contributed by atoms with Crippen molar-refractivity contribution in [1.29, 1.82) is 0 Å². The highest BCUT2D eigenvalue weighted by Gasteiger charge is 2.27. The van der Waals surface area contributed by atoms with Crippen LogP contribution in [-0.4, -0.2) is 61.1 Å². The minimum absolute atomic E-state index is 0.189. The lowest BCUT2D eigenvalue weighted by Crippen LogP contribution is -2.37. The summed E-state index contributed by atoms with van der Waals surface area (Å²) in [5, 5.41) is 4.43. The molecule has 6 nitrogen and oxygen atoms in total. The number of hydrogen-bond donors (Lipinski definition) is 0. The normalized spacial score (nSPS) is 14.2. The number of anilines is 1. The third-order valence-corrected chi connectivity index (χ3v) is 5.31. The van der Waals surface area contributed by atoms with Crippen molar-refractivity contribution in [1.82, 2.24) is 15.0 Å². The first-order valence-corrected chi connectivity index (χ1v) is 10.7. The van der Waals surface area contributed by atoms with Crippen molar-refractivity contribution in [2.45, 2.75) is 39.7 Å². The predicted octanol–water partition coefficient (Wildman–Crippen LogP) is 3.88. The SMILES string of the molecule is CC(C)CC(=O)N(CCN(C)C)Cc1c(-c2ccccc2)noc1N1CCCC1. The van der Waals surface area contributed by atoms with E-state index in [9.17, 15) is 4.79 Å². The molecule has 6 heteroatoms. The molecule has 1 fully saturated rings. The number of hydrogen-bond acceptors (Lipinski definition) is 5. The molecule has 0 atom stereocenters. The second-order valence-corrected chi connectivity index (χ2v) is 8.59. The van der Waals surface area contributed by atoms with Gasteiger partial charge in [0.2, 0.25) is 11.8 Å². The first-order chi connectivity index (χ1) is 14.0. The van der Waals surface area contributed by atoms with Crippen LogP contribution in [0.3, 0.4) is 0 Å². The number of rotatable bonds is 9. The Morgan fingerprint density at radius 2 is 1.83 bits per heavy atom. The molecule has 0 unspecified atom stereocenters. The Hall–Kier alpha value is -2.34. The van der Waals surface area contributed by atoms with Gasteiger partial charge >= 0.3 is 0 Å². The lowest BCUT2D eigenvalue weighted by atomic mass is 10.1. The molecule has 2 heterocycles. The molecule has 29 heavy (non-hydrogen) atoms. The van der Waals surface area contributed by atoms with Crippen molar-refractivity contribution in [2.24, 2.45) is 5.92 Å². The van der Waals surface area contributed by atoms with Gasteiger partial charge < -0.3 is 19.2 Å². The van der Waals surface area contributed by atoms with Crippen molar-refractivity contribution in [2.75, 3.05) is 45.2 Å². The minimum atomic E-state index is 0.189. The Morgan fingerprint density at radius 1 is 1.14 bits per heavy atom. The van der Waals surface area contributed by atoms with E-state index in [1.165, 1.54) is 0 Å². The molecule has 2 aromatic rings. The highest BCUT2D eigenvalue weighted by molar-refractivity contribution is 5.77. The zero-order chi connectivity index (χ0) is 20.8. The largest absolute Gasteiger partial charge is 0.340 e. The van der Waals surface area contributed by atoms with E-state index in [1.807, 2.05) is 37.2 Å². The Morgan fingerprint density at radius 3 is 2.45 bits per heavy atom. The van der Waals surface area contributed by atoms with Crippen molar-refractivity contribution in [3.63, 3.8) is 0 Å². The summed E-state index contributed by atoms with van der Waals surface area (Å²) >= 11 is 0. The van der Waals surface area contributed by atoms with Gasteiger partial charge in [0.15, 0.2) is 0 Å². The maximum atomic E-state index is 13.0. The average molecular weight is 399 g/mol. The maximum Gasteiger partial charge on any atom is 0.232 e. The van der Waals surface area contributed by atoms with E-state index in [0.717, 1.165) is 55.2 Å². The van der Waals surface area contributed by atoms with Crippen LogP contribution in [-0.2, 0) is 11.3 Å². The second kappa shape index (κ2) is 9.92. The fraction of sp³-hybridized carbons (Fsp3) is 0.565. The summed E-state index contributed by atoms with van der Waals surface area (Å²) in [6.07, 6.45) is 2.88. The summed E-state index contributed by atoms with van der Waals surface area (Å²) in [5.74, 6) is 1.35. The summed E-state index contributed by atoms with van der Waals surface area (Å²) in [6.45, 7) is 8.19. The number of aromatic nitrogens is 1. The number of nitrogens with zero attached hydrogens (tertiary/aromatic N) is 4. The molecule has 1 aromatic heterocycles. The van der Waals surface area contributed by atoms with Crippen molar-refractivity contribution < 1.29 is 9.32 Å². The van der Waals surface area contributed by atoms with Crippen LogP contribution in [0.25, 0.3) is 11.3 Å². The lowest BCUT2D eigenvalue weighted by molar-refractivity contribution is -0.132. The van der Waals surface area contributed by atoms with E-state index in [1.54, 1.807) is 0 Å². The summed E-state index contributed by atoms with van der Waals surface area (Å²) in [4.78, 5) is 19.4. The van der Waals surface area contributed by atoms with Crippen LogP contribution < -0.4 is 4.90 Å². The molecule has 1 aliphatic heterocycles. The van der Waals surface area contributed by atoms with Gasteiger partial charge in [0.25, 0.3) is 0 Å². The molecule has 1 aliphatic rings. The predicted molar refractivity (Wildman–Crippen MR) is 117 cm³/mol. The summed E-state index contributed by atoms with van der Waals surface area (Å²) < 4.78 is 5.85. The van der Waals surface area contributed by atoms with Crippen LogP contribution in [0.4, 0.5) is 5.88 Å². The highest BCUT2D eigenvalue weighted by atomic mass is 16.5. The summed E-state index contributed by atoms with van der Waals surface area (Å²) in [7, 11) is 4.07. The standard InChI is InChI=1S/C23H34N4O2/c1-18(2)16-21(28)27(15-14-25(3)4)17-20-22(19-10-6-5-7-11-19)24-29-23(20)26-12-8-9-13-26/h5-7,10-11,18H,8-9,12-17H2,1-4H3. The fourth-order valence-electron chi connectivity index (χ4n) is 3.72. The molecule has 158 valence electrons. The molecule has 1 aromatic carbocycles. The van der Waals surface area contributed by atoms with E-state index in [2.05, 4.69) is 40.9 Å². The molecule has 0 spiro atoms. The van der Waals surface area contributed by atoms with Crippen molar-refractivity contribution in [3.8, 4) is 11.3 Å². The maximum absolute atomic E-state index is 13.0. The minimum Gasteiger partial charge on any atom is -0.340 e. The number of benzene rings is 1. The van der Waals surface area contributed by atoms with Crippen LogP contribution in [0.15, 0.2) is 34.9 Å². The van der Waals surface area contributed by atoms with Gasteiger partial charge in [-0.15, -0.1) is 0 Å². The molecular weight excluding hydrogens is 364 g/mol. The second-order valence-electron chi connectivity index (χ2n) is 8.59. The molecule has 0 aliphatic carbocycles. The van der Waals surface area contributed by atoms with Crippen molar-refractivity contribution >= 4 is 11.8 Å². The van der Waals surface area contributed by atoms with Gasteiger partial charge in [-0.05, 0) is 32.9 Å². The van der Waals surface area contributed by atoms with E-state index < -0.39 is 0 Å². The number of carbonyl (C=O) groups excluding carboxylic acids is 1. The van der Waals surface area contributed by atoms with Crippen molar-refractivity contribution in [3.05, 3.63) is 35.9 Å².